The minimum absolute atomic E-state index is 0. The van der Waals surface area contributed by atoms with Crippen LogP contribution in [0.4, 0.5) is 0 Å². The van der Waals surface area contributed by atoms with Crippen molar-refractivity contribution in [1.82, 2.24) is 0 Å². The zero-order valence-corrected chi connectivity index (χ0v) is 9.78. The topological polar surface area (TPSA) is 0 Å². The molecule has 0 heterocycles. The molecule has 0 aromatic rings. The van der Waals surface area contributed by atoms with Gasteiger partial charge >= 0.3 is 23.1 Å². The third-order valence-electron chi connectivity index (χ3n) is 3.03. The van der Waals surface area contributed by atoms with Crippen LogP contribution < -0.4 is 17.0 Å². The maximum atomic E-state index is 2.36. The van der Waals surface area contributed by atoms with Crippen LogP contribution >= 0.6 is 0 Å². The van der Waals surface area contributed by atoms with Crippen LogP contribution in [0.3, 0.4) is 0 Å². The normalized spacial score (nSPS) is 25.5. The summed E-state index contributed by atoms with van der Waals surface area (Å²) < 4.78 is 0. The first-order valence-corrected chi connectivity index (χ1v) is 3.56. The van der Waals surface area contributed by atoms with Crippen molar-refractivity contribution in [2.45, 2.75) is 33.1 Å². The summed E-state index contributed by atoms with van der Waals surface area (Å²) in [5.74, 6) is 2.78. The summed E-state index contributed by atoms with van der Waals surface area (Å²) in [5.41, 5.74) is 0.829. The Bertz CT molecular complexity index is 105. The van der Waals surface area contributed by atoms with Crippen LogP contribution in [-0.2, 0) is 0 Å². The Balaban J connectivity index is 0.000000405. The zero-order valence-electron chi connectivity index (χ0n) is 6.78. The molecule has 0 radical (unpaired) electrons. The van der Waals surface area contributed by atoms with E-state index in [1.54, 1.807) is 0 Å². The van der Waals surface area contributed by atoms with E-state index in [9.17, 15) is 0 Å². The van der Waals surface area contributed by atoms with Crippen LogP contribution in [0, 0.1) is 17.3 Å². The molecule has 3 rings (SSSR count). The van der Waals surface area contributed by atoms with Crippen molar-refractivity contribution in [1.29, 1.82) is 0 Å². The van der Waals surface area contributed by atoms with Crippen molar-refractivity contribution >= 4 is 23.1 Å². The van der Waals surface area contributed by atoms with E-state index in [0.717, 1.165) is 11.3 Å². The number of halogens is 1. The SMILES string of the molecule is CC(C)C12C[C-](C1)C2.[Br-].[Mg+2]. The van der Waals surface area contributed by atoms with E-state index in [4.69, 9.17) is 0 Å². The third kappa shape index (κ3) is 1.27. The van der Waals surface area contributed by atoms with Crippen LogP contribution in [0.25, 0.3) is 0 Å². The molecule has 3 aliphatic rings. The van der Waals surface area contributed by atoms with Gasteiger partial charge in [0.15, 0.2) is 0 Å². The molecule has 0 unspecified atom stereocenters. The largest absolute Gasteiger partial charge is 2.00 e. The summed E-state index contributed by atoms with van der Waals surface area (Å²) >= 11 is 0. The summed E-state index contributed by atoms with van der Waals surface area (Å²) in [6, 6.07) is 0. The Morgan fingerprint density at radius 1 is 1.20 bits per heavy atom. The van der Waals surface area contributed by atoms with Crippen LogP contribution in [-0.4, -0.2) is 23.1 Å². The number of hydrogen-bond donors (Lipinski definition) is 0. The van der Waals surface area contributed by atoms with Crippen LogP contribution in [0.2, 0.25) is 0 Å². The molecule has 0 aromatic heterocycles. The molecule has 0 aromatic carbocycles. The maximum Gasteiger partial charge on any atom is 2.00 e. The Morgan fingerprint density at radius 2 is 1.60 bits per heavy atom. The molecule has 2 bridgehead atoms. The molecule has 0 aliphatic heterocycles. The number of rotatable bonds is 1. The van der Waals surface area contributed by atoms with E-state index in [2.05, 4.69) is 13.8 Å². The molecule has 2 heteroatoms. The molecule has 54 valence electrons. The molecule has 3 fully saturated rings. The molecule has 0 N–H and O–H groups in total. The summed E-state index contributed by atoms with van der Waals surface area (Å²) in [6.07, 6.45) is 4.43. The maximum absolute atomic E-state index is 2.36. The van der Waals surface area contributed by atoms with Gasteiger partial charge in [-0.1, -0.05) is 13.8 Å². The van der Waals surface area contributed by atoms with Crippen LogP contribution in [0.15, 0.2) is 0 Å². The van der Waals surface area contributed by atoms with Gasteiger partial charge < -0.3 is 22.9 Å². The third-order valence-corrected chi connectivity index (χ3v) is 3.03. The Labute approximate surface area is 90.1 Å². The molecular formula is C8H13BrMg. The van der Waals surface area contributed by atoms with Gasteiger partial charge in [-0.05, 0) is 5.92 Å². The van der Waals surface area contributed by atoms with Gasteiger partial charge in [-0.2, -0.15) is 19.3 Å². The molecule has 0 amide bonds. The first kappa shape index (κ1) is 11.2. The summed E-state index contributed by atoms with van der Waals surface area (Å²) in [6.45, 7) is 4.71. The first-order chi connectivity index (χ1) is 3.73. The van der Waals surface area contributed by atoms with E-state index < -0.39 is 0 Å². The fraction of sp³-hybridized carbons (Fsp3) is 0.875. The molecule has 3 aliphatic carbocycles. The monoisotopic (exact) mass is 212 g/mol. The molecule has 0 saturated heterocycles. The molecule has 0 nitrogen and oxygen atoms in total. The zero-order chi connectivity index (χ0) is 5.78. The van der Waals surface area contributed by atoms with E-state index in [1.807, 2.05) is 5.92 Å². The molecular weight excluding hydrogens is 200 g/mol. The van der Waals surface area contributed by atoms with E-state index >= 15 is 0 Å². The standard InChI is InChI=1S/C8H13.BrH.Mg/c1-6(2)8-3-7(4-8)5-8;;/h6H,3-5H2,1-2H3;1H;/q-1;;+2/p-1. The summed E-state index contributed by atoms with van der Waals surface area (Å²) in [4.78, 5) is 0. The minimum atomic E-state index is 0. The van der Waals surface area contributed by atoms with Crippen LogP contribution in [0.5, 0.6) is 0 Å². The average molecular weight is 213 g/mol. The summed E-state index contributed by atoms with van der Waals surface area (Å²) in [7, 11) is 0. The Morgan fingerprint density at radius 3 is 1.60 bits per heavy atom. The predicted molar refractivity (Wildman–Crippen MR) is 40.1 cm³/mol. The van der Waals surface area contributed by atoms with Gasteiger partial charge in [-0.15, -0.1) is 5.41 Å². The van der Waals surface area contributed by atoms with Gasteiger partial charge in [0.25, 0.3) is 0 Å². The van der Waals surface area contributed by atoms with E-state index in [-0.39, 0.29) is 40.0 Å². The molecule has 3 saturated carbocycles. The quantitative estimate of drug-likeness (QED) is 0.388. The van der Waals surface area contributed by atoms with Crippen molar-refractivity contribution in [3.8, 4) is 0 Å². The average Bonchev–Trinajstić information content (AvgIpc) is 1.16. The van der Waals surface area contributed by atoms with E-state index in [0.29, 0.717) is 0 Å². The smallest absolute Gasteiger partial charge is 1.00 e. The van der Waals surface area contributed by atoms with Gasteiger partial charge in [-0.25, -0.2) is 0 Å². The fourth-order valence-corrected chi connectivity index (χ4v) is 1.95. The summed E-state index contributed by atoms with van der Waals surface area (Å²) in [5, 5.41) is 0. The van der Waals surface area contributed by atoms with Crippen molar-refractivity contribution in [2.24, 2.45) is 11.3 Å². The number of hydrogen-bond acceptors (Lipinski definition) is 0. The van der Waals surface area contributed by atoms with Gasteiger partial charge in [0.2, 0.25) is 0 Å². The second-order valence-corrected chi connectivity index (χ2v) is 3.80. The van der Waals surface area contributed by atoms with Crippen LogP contribution in [0.1, 0.15) is 33.1 Å². The van der Waals surface area contributed by atoms with Crippen molar-refractivity contribution in [2.75, 3.05) is 0 Å². The second kappa shape index (κ2) is 3.32. The Kier molecular flexibility index (Phi) is 3.73. The fourth-order valence-electron chi connectivity index (χ4n) is 1.95. The van der Waals surface area contributed by atoms with Crippen molar-refractivity contribution < 1.29 is 17.0 Å². The van der Waals surface area contributed by atoms with Gasteiger partial charge in [0.05, 0.1) is 0 Å². The molecule has 10 heavy (non-hydrogen) atoms. The van der Waals surface area contributed by atoms with E-state index in [1.165, 1.54) is 19.3 Å². The van der Waals surface area contributed by atoms with Gasteiger partial charge in [0, 0.05) is 0 Å². The molecule has 0 spiro atoms. The first-order valence-electron chi connectivity index (χ1n) is 3.56. The van der Waals surface area contributed by atoms with Gasteiger partial charge in [-0.3, -0.25) is 0 Å². The van der Waals surface area contributed by atoms with Crippen molar-refractivity contribution in [3.63, 3.8) is 0 Å². The Hall–Kier alpha value is 1.25. The van der Waals surface area contributed by atoms with Gasteiger partial charge in [0.1, 0.15) is 0 Å². The second-order valence-electron chi connectivity index (χ2n) is 3.80. The van der Waals surface area contributed by atoms with Crippen molar-refractivity contribution in [3.05, 3.63) is 5.92 Å². The molecule has 0 atom stereocenters. The minimum Gasteiger partial charge on any atom is -1.00 e. The predicted octanol–water partition coefficient (Wildman–Crippen LogP) is -0.976.